The molecule has 6 nitrogen and oxygen atoms in total. The number of rotatable bonds is 6. The van der Waals surface area contributed by atoms with Crippen molar-refractivity contribution in [2.75, 3.05) is 13.7 Å². The number of nitrogens with one attached hydrogen (secondary N) is 2. The van der Waals surface area contributed by atoms with E-state index in [1.54, 1.807) is 18.2 Å². The van der Waals surface area contributed by atoms with Gasteiger partial charge in [-0.15, -0.1) is 0 Å². The summed E-state index contributed by atoms with van der Waals surface area (Å²) in [6, 6.07) is 10.5. The van der Waals surface area contributed by atoms with Crippen LogP contribution in [0.1, 0.15) is 22.8 Å². The van der Waals surface area contributed by atoms with Crippen LogP contribution in [0.4, 0.5) is 4.39 Å². The van der Waals surface area contributed by atoms with Crippen molar-refractivity contribution in [3.05, 3.63) is 65.5 Å². The Labute approximate surface area is 150 Å². The molecule has 0 aliphatic heterocycles. The zero-order valence-corrected chi connectivity index (χ0v) is 14.4. The lowest BCUT2D eigenvalue weighted by molar-refractivity contribution is -0.117. The highest BCUT2D eigenvalue weighted by atomic mass is 19.1. The Morgan fingerprint density at radius 3 is 2.62 bits per heavy atom. The Bertz CT molecular complexity index is 821. The Morgan fingerprint density at radius 2 is 1.92 bits per heavy atom. The molecule has 0 radical (unpaired) electrons. The van der Waals surface area contributed by atoms with Gasteiger partial charge in [0, 0.05) is 11.6 Å². The molecule has 2 N–H and O–H groups in total. The molecule has 7 heteroatoms. The van der Waals surface area contributed by atoms with Gasteiger partial charge in [0.05, 0.1) is 13.7 Å². The van der Waals surface area contributed by atoms with E-state index in [0.29, 0.717) is 29.2 Å². The van der Waals surface area contributed by atoms with Gasteiger partial charge in [-0.05, 0) is 48.9 Å². The lowest BCUT2D eigenvalue weighted by atomic mass is 10.2. The van der Waals surface area contributed by atoms with Crippen LogP contribution in [-0.2, 0) is 4.79 Å². The van der Waals surface area contributed by atoms with E-state index >= 15 is 0 Å². The second-order valence-corrected chi connectivity index (χ2v) is 5.13. The smallest absolute Gasteiger partial charge is 0.269 e. The van der Waals surface area contributed by atoms with Crippen LogP contribution in [0.25, 0.3) is 6.08 Å². The minimum absolute atomic E-state index is 0.291. The van der Waals surface area contributed by atoms with Crippen LogP contribution in [0.3, 0.4) is 0 Å². The largest absolute Gasteiger partial charge is 0.493 e. The topological polar surface area (TPSA) is 76.7 Å². The molecule has 0 saturated heterocycles. The molecular formula is C19H19FN2O4. The maximum absolute atomic E-state index is 13.1. The fourth-order valence-electron chi connectivity index (χ4n) is 2.10. The lowest BCUT2D eigenvalue weighted by Gasteiger charge is -2.11. The second-order valence-electron chi connectivity index (χ2n) is 5.13. The van der Waals surface area contributed by atoms with Gasteiger partial charge in [0.25, 0.3) is 11.8 Å². The van der Waals surface area contributed by atoms with Gasteiger partial charge in [0.1, 0.15) is 5.82 Å². The highest BCUT2D eigenvalue weighted by molar-refractivity contribution is 5.98. The Balaban J connectivity index is 1.94. The summed E-state index contributed by atoms with van der Waals surface area (Å²) >= 11 is 0. The summed E-state index contributed by atoms with van der Waals surface area (Å²) in [5, 5.41) is 0. The predicted octanol–water partition coefficient (Wildman–Crippen LogP) is 2.71. The maximum Gasteiger partial charge on any atom is 0.269 e. The van der Waals surface area contributed by atoms with E-state index < -0.39 is 17.6 Å². The first kappa shape index (κ1) is 19.0. The first-order valence-corrected chi connectivity index (χ1v) is 7.88. The van der Waals surface area contributed by atoms with Crippen molar-refractivity contribution in [2.45, 2.75) is 6.92 Å². The number of carbonyl (C=O) groups is 2. The molecule has 0 spiro atoms. The molecule has 2 aromatic carbocycles. The normalized spacial score (nSPS) is 10.4. The van der Waals surface area contributed by atoms with Crippen molar-refractivity contribution in [1.29, 1.82) is 0 Å². The van der Waals surface area contributed by atoms with E-state index in [1.807, 2.05) is 6.92 Å². The minimum Gasteiger partial charge on any atom is -0.493 e. The van der Waals surface area contributed by atoms with Gasteiger partial charge in [-0.2, -0.15) is 0 Å². The minimum atomic E-state index is -0.555. The van der Waals surface area contributed by atoms with Gasteiger partial charge in [0.2, 0.25) is 0 Å². The molecule has 2 rings (SSSR count). The van der Waals surface area contributed by atoms with Crippen LogP contribution in [0.15, 0.2) is 48.5 Å². The summed E-state index contributed by atoms with van der Waals surface area (Å²) < 4.78 is 23.6. The van der Waals surface area contributed by atoms with Gasteiger partial charge in [-0.1, -0.05) is 12.1 Å². The molecule has 0 fully saturated rings. The molecule has 136 valence electrons. The van der Waals surface area contributed by atoms with Crippen LogP contribution in [0, 0.1) is 5.82 Å². The second kappa shape index (κ2) is 9.22. The fourth-order valence-corrected chi connectivity index (χ4v) is 2.10. The molecule has 0 aliphatic rings. The van der Waals surface area contributed by atoms with Gasteiger partial charge < -0.3 is 9.47 Å². The van der Waals surface area contributed by atoms with E-state index in [-0.39, 0.29) is 0 Å². The number of amides is 2. The van der Waals surface area contributed by atoms with Crippen molar-refractivity contribution in [3.63, 3.8) is 0 Å². The number of hydrogen-bond acceptors (Lipinski definition) is 4. The summed E-state index contributed by atoms with van der Waals surface area (Å²) in [5.41, 5.74) is 5.36. The zero-order valence-electron chi connectivity index (χ0n) is 14.4. The summed E-state index contributed by atoms with van der Waals surface area (Å²) in [7, 11) is 1.47. The summed E-state index contributed by atoms with van der Waals surface area (Å²) in [4.78, 5) is 23.9. The van der Waals surface area contributed by atoms with Crippen molar-refractivity contribution in [3.8, 4) is 11.5 Å². The number of benzene rings is 2. The van der Waals surface area contributed by atoms with Gasteiger partial charge in [-0.3, -0.25) is 20.4 Å². The first-order chi connectivity index (χ1) is 12.5. The third kappa shape index (κ3) is 5.34. The zero-order chi connectivity index (χ0) is 18.9. The molecular weight excluding hydrogens is 339 g/mol. The quantitative estimate of drug-likeness (QED) is 0.615. The highest BCUT2D eigenvalue weighted by Crippen LogP contribution is 2.27. The molecule has 2 aromatic rings. The Morgan fingerprint density at radius 1 is 1.12 bits per heavy atom. The highest BCUT2D eigenvalue weighted by Gasteiger charge is 2.11. The average molecular weight is 358 g/mol. The Hall–Kier alpha value is -3.35. The molecule has 0 bridgehead atoms. The molecule has 26 heavy (non-hydrogen) atoms. The molecule has 2 amide bonds. The molecule has 0 aromatic heterocycles. The number of ether oxygens (including phenoxy) is 2. The lowest BCUT2D eigenvalue weighted by Crippen LogP contribution is -2.40. The molecule has 0 aliphatic carbocycles. The van der Waals surface area contributed by atoms with Crippen LogP contribution in [0.5, 0.6) is 11.5 Å². The third-order valence-electron chi connectivity index (χ3n) is 3.30. The van der Waals surface area contributed by atoms with Gasteiger partial charge >= 0.3 is 0 Å². The van der Waals surface area contributed by atoms with Gasteiger partial charge in [0.15, 0.2) is 11.5 Å². The van der Waals surface area contributed by atoms with E-state index in [2.05, 4.69) is 10.9 Å². The number of carbonyl (C=O) groups excluding carboxylic acids is 2. The first-order valence-electron chi connectivity index (χ1n) is 7.88. The number of hydrogen-bond donors (Lipinski definition) is 2. The number of methoxy groups -OCH3 is 1. The van der Waals surface area contributed by atoms with E-state index in [1.165, 1.54) is 43.5 Å². The predicted molar refractivity (Wildman–Crippen MR) is 95.2 cm³/mol. The molecule has 0 atom stereocenters. The van der Waals surface area contributed by atoms with Crippen molar-refractivity contribution in [2.24, 2.45) is 0 Å². The van der Waals surface area contributed by atoms with Crippen LogP contribution < -0.4 is 20.3 Å². The van der Waals surface area contributed by atoms with Gasteiger partial charge in [-0.25, -0.2) is 4.39 Å². The summed E-state index contributed by atoms with van der Waals surface area (Å²) in [5.74, 6) is -0.532. The van der Waals surface area contributed by atoms with E-state index in [0.717, 1.165) is 0 Å². The average Bonchev–Trinajstić information content (AvgIpc) is 2.65. The van der Waals surface area contributed by atoms with Crippen molar-refractivity contribution >= 4 is 17.9 Å². The summed E-state index contributed by atoms with van der Waals surface area (Å²) in [6.07, 6.45) is 2.62. The standard InChI is InChI=1S/C19H19FN2O4/c1-3-26-16-9-8-14(12-17(16)25-2)19(24)22-21-18(23)10-7-13-5-4-6-15(20)11-13/h4-12H,3H2,1-2H3,(H,21,23)(H,22,24)/b10-7+. The van der Waals surface area contributed by atoms with Crippen LogP contribution in [-0.4, -0.2) is 25.5 Å². The third-order valence-corrected chi connectivity index (χ3v) is 3.30. The van der Waals surface area contributed by atoms with Crippen LogP contribution >= 0.6 is 0 Å². The summed E-state index contributed by atoms with van der Waals surface area (Å²) in [6.45, 7) is 2.31. The molecule has 0 saturated carbocycles. The van der Waals surface area contributed by atoms with Crippen molar-refractivity contribution in [1.82, 2.24) is 10.9 Å². The monoisotopic (exact) mass is 358 g/mol. The number of halogens is 1. The Kier molecular flexibility index (Phi) is 6.73. The van der Waals surface area contributed by atoms with Crippen molar-refractivity contribution < 1.29 is 23.5 Å². The van der Waals surface area contributed by atoms with E-state index in [9.17, 15) is 14.0 Å². The van der Waals surface area contributed by atoms with E-state index in [4.69, 9.17) is 9.47 Å². The number of hydrazine groups is 1. The van der Waals surface area contributed by atoms with Crippen LogP contribution in [0.2, 0.25) is 0 Å². The SMILES string of the molecule is CCOc1ccc(C(=O)NNC(=O)/C=C/c2cccc(F)c2)cc1OC. The fraction of sp³-hybridized carbons (Fsp3) is 0.158. The maximum atomic E-state index is 13.1. The molecule has 0 unspecified atom stereocenters. The molecule has 0 heterocycles.